The van der Waals surface area contributed by atoms with E-state index in [4.69, 9.17) is 0 Å². The Morgan fingerprint density at radius 1 is 0.415 bits per heavy atom. The van der Waals surface area contributed by atoms with Crippen molar-refractivity contribution < 1.29 is 57.7 Å². The van der Waals surface area contributed by atoms with Crippen LogP contribution in [-0.4, -0.2) is 8.07 Å². The zero-order valence-corrected chi connectivity index (χ0v) is 36.3. The van der Waals surface area contributed by atoms with Crippen molar-refractivity contribution in [1.82, 2.24) is 0 Å². The second-order valence-corrected chi connectivity index (χ2v) is 19.3. The summed E-state index contributed by atoms with van der Waals surface area (Å²) in [5, 5.41) is 4.18. The number of rotatable bonds is 7. The maximum Gasteiger partial charge on any atom is -1.00 e. The molecule has 0 N–H and O–H groups in total. The molecule has 0 heterocycles. The third-order valence-electron chi connectivity index (χ3n) is 11.7. The molecule has 0 radical (unpaired) electrons. The Kier molecular flexibility index (Phi) is 13.5. The van der Waals surface area contributed by atoms with Gasteiger partial charge < -0.3 is 37.2 Å². The van der Waals surface area contributed by atoms with Crippen LogP contribution in [0.25, 0.3) is 33.4 Å². The number of benzene rings is 6. The van der Waals surface area contributed by atoms with Gasteiger partial charge in [0.1, 0.15) is 0 Å². The average molecular weight is 804 g/mol. The molecular weight excluding hydrogens is 759 g/mol. The van der Waals surface area contributed by atoms with Gasteiger partial charge in [0.05, 0.1) is 0 Å². The Morgan fingerprint density at radius 3 is 0.962 bits per heavy atom. The van der Waals surface area contributed by atoms with Gasteiger partial charge in [-0.3, -0.25) is 0 Å². The van der Waals surface area contributed by atoms with Crippen LogP contribution in [0.1, 0.15) is 44.4 Å². The SMILES string of the molecule is CC1=C(C)C(C)([Si](c2ccc(-c3ccccc3)c(C)c2)(c2ccc(-c3ccccc3)c(C)c2)c2ccc(-c3ccccc3)c(C)c2)[C]([Ti+3])=C1C.[Cl-].[Cl-].[Cl-]. The summed E-state index contributed by atoms with van der Waals surface area (Å²) in [4.78, 5) is 0. The maximum atomic E-state index is 2.57. The molecule has 0 saturated carbocycles. The standard InChI is InChI=1S/C48H45Si.3ClH.Ti/c1-33-29-42(23-26-45(33)39-17-11-8-12-18-39)49(48(7)32-36(4)37(5)38(48)6,43-24-27-46(34(2)30-43)40-19-13-9-14-20-40)44-25-28-47(35(3)31-44)41-21-15-10-16-22-41;;;;/h8-31H,1-7H3;3*1H;/q;;;;+3/p-3. The van der Waals surface area contributed by atoms with Crippen LogP contribution >= 0.6 is 0 Å². The van der Waals surface area contributed by atoms with Gasteiger partial charge in [0.15, 0.2) is 0 Å². The van der Waals surface area contributed by atoms with Gasteiger partial charge in [-0.1, -0.05) is 0 Å². The molecule has 1 aliphatic rings. The molecule has 0 bridgehead atoms. The summed E-state index contributed by atoms with van der Waals surface area (Å²) in [6.07, 6.45) is 0. The first-order valence-corrected chi connectivity index (χ1v) is 20.5. The maximum absolute atomic E-state index is 2.91. The number of allylic oxidation sites excluding steroid dienone is 4. The fourth-order valence-electron chi connectivity index (χ4n) is 8.76. The van der Waals surface area contributed by atoms with Crippen LogP contribution in [0.2, 0.25) is 5.04 Å². The molecule has 1 atom stereocenters. The van der Waals surface area contributed by atoms with Crippen molar-refractivity contribution >= 4 is 23.6 Å². The van der Waals surface area contributed by atoms with E-state index in [0.29, 0.717) is 0 Å². The van der Waals surface area contributed by atoms with E-state index in [9.17, 15) is 0 Å². The molecule has 1 aliphatic carbocycles. The van der Waals surface area contributed by atoms with Crippen LogP contribution in [0.15, 0.2) is 166 Å². The van der Waals surface area contributed by atoms with Crippen molar-refractivity contribution in [2.75, 3.05) is 0 Å². The minimum Gasteiger partial charge on any atom is -1.00 e. The van der Waals surface area contributed by atoms with Crippen LogP contribution in [0.3, 0.4) is 0 Å². The molecule has 1 unspecified atom stereocenters. The van der Waals surface area contributed by atoms with Crippen molar-refractivity contribution in [2.45, 2.75) is 53.5 Å². The smallest absolute Gasteiger partial charge is 1.00 e. The van der Waals surface area contributed by atoms with Gasteiger partial charge in [0.2, 0.25) is 0 Å². The van der Waals surface area contributed by atoms with Crippen molar-refractivity contribution in [2.24, 2.45) is 0 Å². The first kappa shape index (κ1) is 42.3. The summed E-state index contributed by atoms with van der Waals surface area (Å²) in [6.45, 7) is 16.6. The molecule has 53 heavy (non-hydrogen) atoms. The predicted octanol–water partition coefficient (Wildman–Crippen LogP) is 2.03. The van der Waals surface area contributed by atoms with Crippen LogP contribution < -0.4 is 52.8 Å². The van der Waals surface area contributed by atoms with Gasteiger partial charge in [-0.25, -0.2) is 0 Å². The predicted molar refractivity (Wildman–Crippen MR) is 214 cm³/mol. The van der Waals surface area contributed by atoms with Gasteiger partial charge in [-0.2, -0.15) is 0 Å². The molecule has 0 spiro atoms. The number of aryl methyl sites for hydroxylation is 3. The van der Waals surface area contributed by atoms with Crippen LogP contribution in [0.4, 0.5) is 0 Å². The molecule has 266 valence electrons. The molecule has 0 aliphatic heterocycles. The molecule has 6 aromatic carbocycles. The van der Waals surface area contributed by atoms with Crippen LogP contribution in [-0.2, 0) is 20.4 Å². The minimum atomic E-state index is -2.91. The Labute approximate surface area is 348 Å². The third-order valence-corrected chi connectivity index (χ3v) is 19.1. The summed E-state index contributed by atoms with van der Waals surface area (Å²) in [5.74, 6) is 0. The van der Waals surface area contributed by atoms with E-state index in [0.717, 1.165) is 0 Å². The normalized spacial score (nSPS) is 15.4. The molecule has 6 aromatic rings. The number of hydrogen-bond acceptors (Lipinski definition) is 0. The fourth-order valence-corrected chi connectivity index (χ4v) is 16.6. The second kappa shape index (κ2) is 17.0. The van der Waals surface area contributed by atoms with Gasteiger partial charge in [0.25, 0.3) is 0 Å². The van der Waals surface area contributed by atoms with Gasteiger partial charge in [-0.15, -0.1) is 0 Å². The summed E-state index contributed by atoms with van der Waals surface area (Å²) >= 11 is 2.42. The first-order chi connectivity index (χ1) is 24.1. The topological polar surface area (TPSA) is 0 Å². The molecule has 0 amide bonds. The Balaban J connectivity index is 0.00000209. The molecule has 5 heteroatoms. The number of halogens is 3. The largest absolute Gasteiger partial charge is 1.00 e. The van der Waals surface area contributed by atoms with Crippen molar-refractivity contribution in [3.05, 3.63) is 183 Å². The molecular formula is C48H45Cl3SiTi. The van der Waals surface area contributed by atoms with Gasteiger partial charge in [-0.05, 0) is 0 Å². The number of hydrogen-bond donors (Lipinski definition) is 0. The molecule has 0 nitrogen and oxygen atoms in total. The van der Waals surface area contributed by atoms with E-state index in [-0.39, 0.29) is 42.3 Å². The average Bonchev–Trinajstić information content (AvgIpc) is 3.29. The quantitative estimate of drug-likeness (QED) is 0.172. The van der Waals surface area contributed by atoms with E-state index in [1.54, 1.807) is 0 Å². The van der Waals surface area contributed by atoms with Crippen molar-refractivity contribution in [1.29, 1.82) is 0 Å². The second-order valence-electron chi connectivity index (χ2n) is 14.3. The first-order valence-electron chi connectivity index (χ1n) is 17.7. The molecule has 0 saturated heterocycles. The Bertz CT molecular complexity index is 2060. The van der Waals surface area contributed by atoms with Crippen LogP contribution in [0.5, 0.6) is 0 Å². The summed E-state index contributed by atoms with van der Waals surface area (Å²) in [5.41, 5.74) is 16.0. The van der Waals surface area contributed by atoms with E-state index in [1.807, 2.05) is 0 Å². The monoisotopic (exact) mass is 802 g/mol. The minimum absolute atomic E-state index is 0. The van der Waals surface area contributed by atoms with Crippen LogP contribution in [0, 0.1) is 20.8 Å². The summed E-state index contributed by atoms with van der Waals surface area (Å²) in [7, 11) is -2.91. The fraction of sp³-hybridized carbons (Fsp3) is 0.167. The zero-order valence-electron chi connectivity index (χ0n) is 31.5. The van der Waals surface area contributed by atoms with Gasteiger partial charge >= 0.3 is 314 Å². The van der Waals surface area contributed by atoms with E-state index < -0.39 is 8.07 Å². The summed E-state index contributed by atoms with van der Waals surface area (Å²) in [6, 6.07) is 54.8. The Hall–Kier alpha value is -3.40. The molecule has 0 aromatic heterocycles. The molecule has 7 rings (SSSR count). The van der Waals surface area contributed by atoms with Gasteiger partial charge in [0, 0.05) is 0 Å². The zero-order chi connectivity index (χ0) is 35.2. The third kappa shape index (κ3) is 7.02. The van der Waals surface area contributed by atoms with E-state index >= 15 is 0 Å². The Morgan fingerprint density at radius 2 is 0.717 bits per heavy atom. The van der Waals surface area contributed by atoms with Crippen molar-refractivity contribution in [3.63, 3.8) is 0 Å². The van der Waals surface area contributed by atoms with E-state index in [1.165, 1.54) is 86.2 Å². The van der Waals surface area contributed by atoms with E-state index in [2.05, 4.69) is 214 Å². The van der Waals surface area contributed by atoms with Crippen molar-refractivity contribution in [3.8, 4) is 33.4 Å². The molecule has 0 fully saturated rings. The summed E-state index contributed by atoms with van der Waals surface area (Å²) < 4.78 is 1.50.